The first kappa shape index (κ1) is 5.81. The summed E-state index contributed by atoms with van der Waals surface area (Å²) in [5.74, 6) is 0.622. The Bertz CT molecular complexity index is 243. The lowest BCUT2D eigenvalue weighted by atomic mass is 10.9. The zero-order chi connectivity index (χ0) is 6.97. The predicted octanol–water partition coefficient (Wildman–Crippen LogP) is -1.00. The molecule has 0 saturated carbocycles. The fourth-order valence-electron chi connectivity index (χ4n) is 0.745. The van der Waals surface area contributed by atoms with Gasteiger partial charge in [0.15, 0.2) is 0 Å². The number of nitrogens with zero attached hydrogens (tertiary/aromatic N) is 3. The molecule has 0 saturated heterocycles. The highest BCUT2D eigenvalue weighted by atomic mass is 32.1. The third-order valence-electron chi connectivity index (χ3n) is 1.17. The van der Waals surface area contributed by atoms with Gasteiger partial charge < -0.3 is 5.43 Å². The first-order valence-electron chi connectivity index (χ1n) is 2.75. The number of hydrogen-bond acceptors (Lipinski definition) is 6. The van der Waals surface area contributed by atoms with Crippen LogP contribution in [0.2, 0.25) is 0 Å². The maximum atomic E-state index is 4.05. The van der Waals surface area contributed by atoms with Gasteiger partial charge in [-0.3, -0.25) is 5.43 Å². The van der Waals surface area contributed by atoms with Crippen LogP contribution in [0.25, 0.3) is 0 Å². The zero-order valence-corrected chi connectivity index (χ0v) is 5.89. The van der Waals surface area contributed by atoms with Crippen LogP contribution in [-0.2, 0) is 0 Å². The minimum absolute atomic E-state index is 0.545. The van der Waals surface area contributed by atoms with Gasteiger partial charge in [-0.05, 0) is 0 Å². The molecule has 0 atom stereocenters. The molecule has 54 valence electrons. The molecule has 2 heterocycles. The Labute approximate surface area is 62.4 Å². The van der Waals surface area contributed by atoms with E-state index in [-0.39, 0.29) is 0 Å². The van der Waals surface area contributed by atoms with Crippen molar-refractivity contribution in [2.75, 3.05) is 17.5 Å². The van der Waals surface area contributed by atoms with Gasteiger partial charge in [-0.2, -0.15) is 4.68 Å². The Morgan fingerprint density at radius 1 is 1.50 bits per heavy atom. The number of anilines is 1. The molecular weight excluding hydrogens is 152 g/mol. The lowest BCUT2D eigenvalue weighted by Crippen LogP contribution is -2.39. The highest BCUT2D eigenvalue weighted by molar-refractivity contribution is 7.80. The smallest absolute Gasteiger partial charge is 0.258 e. The number of thiol groups is 1. The van der Waals surface area contributed by atoms with Crippen LogP contribution in [0.4, 0.5) is 5.95 Å². The second-order valence-corrected chi connectivity index (χ2v) is 2.20. The van der Waals surface area contributed by atoms with Crippen molar-refractivity contribution in [1.29, 1.82) is 0 Å². The molecule has 1 aliphatic rings. The van der Waals surface area contributed by atoms with E-state index >= 15 is 0 Å². The Morgan fingerprint density at radius 2 is 2.40 bits per heavy atom. The average molecular weight is 158 g/mol. The summed E-state index contributed by atoms with van der Waals surface area (Å²) in [7, 11) is 0. The lowest BCUT2D eigenvalue weighted by molar-refractivity contribution is 0.656. The molecule has 1 aliphatic heterocycles. The molecular formula is C3H6N6S. The zero-order valence-electron chi connectivity index (χ0n) is 5.00. The summed E-state index contributed by atoms with van der Waals surface area (Å²) >= 11 is 4.05. The monoisotopic (exact) mass is 158 g/mol. The van der Waals surface area contributed by atoms with Gasteiger partial charge in [0.05, 0.1) is 6.67 Å². The van der Waals surface area contributed by atoms with Crippen LogP contribution >= 0.6 is 12.6 Å². The maximum absolute atomic E-state index is 4.05. The molecule has 0 spiro atoms. The molecule has 10 heavy (non-hydrogen) atoms. The van der Waals surface area contributed by atoms with Gasteiger partial charge in [-0.25, -0.2) is 5.43 Å². The minimum atomic E-state index is 0.545. The Morgan fingerprint density at radius 3 is 3.20 bits per heavy atom. The van der Waals surface area contributed by atoms with Crippen molar-refractivity contribution >= 4 is 18.6 Å². The molecule has 0 amide bonds. The number of hydrogen-bond donors (Lipinski definition) is 4. The average Bonchev–Trinajstić information content (AvgIpc) is 2.34. The molecule has 7 heteroatoms. The van der Waals surface area contributed by atoms with Crippen molar-refractivity contribution in [3.8, 4) is 0 Å². The number of nitrogens with one attached hydrogen (secondary N) is 3. The molecule has 1 aromatic rings. The van der Waals surface area contributed by atoms with E-state index in [2.05, 4.69) is 39.1 Å². The summed E-state index contributed by atoms with van der Waals surface area (Å²) in [5, 5.41) is 8.01. The van der Waals surface area contributed by atoms with E-state index in [0.717, 1.165) is 0 Å². The summed E-state index contributed by atoms with van der Waals surface area (Å²) in [6.07, 6.45) is 0. The van der Waals surface area contributed by atoms with Crippen LogP contribution in [0.15, 0.2) is 5.16 Å². The predicted molar refractivity (Wildman–Crippen MR) is 38.3 cm³/mol. The molecule has 0 aromatic carbocycles. The van der Waals surface area contributed by atoms with Crippen LogP contribution in [0.1, 0.15) is 0 Å². The molecule has 0 radical (unpaired) electrons. The highest BCUT2D eigenvalue weighted by Crippen LogP contribution is 2.08. The Balaban J connectivity index is 2.45. The fraction of sp³-hybridized carbons (Fsp3) is 0.333. The molecule has 0 fully saturated rings. The third kappa shape index (κ3) is 0.711. The Hall–Kier alpha value is -0.950. The van der Waals surface area contributed by atoms with Gasteiger partial charge in [0.25, 0.3) is 5.95 Å². The quantitative estimate of drug-likeness (QED) is 0.365. The lowest BCUT2D eigenvalue weighted by Gasteiger charge is -2.17. The normalized spacial score (nSPS) is 15.3. The molecule has 3 N–H and O–H groups in total. The number of rotatable bonds is 0. The van der Waals surface area contributed by atoms with Gasteiger partial charge in [0.1, 0.15) is 0 Å². The SMILES string of the molecule is Sc1nnc2n1NCNN2. The van der Waals surface area contributed by atoms with Crippen molar-refractivity contribution in [3.05, 3.63) is 0 Å². The van der Waals surface area contributed by atoms with E-state index in [1.807, 2.05) is 0 Å². The van der Waals surface area contributed by atoms with E-state index in [1.165, 1.54) is 0 Å². The van der Waals surface area contributed by atoms with E-state index in [1.54, 1.807) is 4.68 Å². The van der Waals surface area contributed by atoms with E-state index in [9.17, 15) is 0 Å². The van der Waals surface area contributed by atoms with Crippen LogP contribution in [0.3, 0.4) is 0 Å². The van der Waals surface area contributed by atoms with Gasteiger partial charge in [-0.1, -0.05) is 0 Å². The van der Waals surface area contributed by atoms with Gasteiger partial charge in [0, 0.05) is 0 Å². The summed E-state index contributed by atoms with van der Waals surface area (Å²) in [4.78, 5) is 0. The highest BCUT2D eigenvalue weighted by Gasteiger charge is 2.10. The van der Waals surface area contributed by atoms with Crippen molar-refractivity contribution < 1.29 is 0 Å². The van der Waals surface area contributed by atoms with Crippen LogP contribution in [-0.4, -0.2) is 21.5 Å². The largest absolute Gasteiger partial charge is 0.305 e. The topological polar surface area (TPSA) is 66.8 Å². The molecule has 0 aliphatic carbocycles. The van der Waals surface area contributed by atoms with E-state index in [0.29, 0.717) is 17.8 Å². The Kier molecular flexibility index (Phi) is 1.18. The summed E-state index contributed by atoms with van der Waals surface area (Å²) < 4.78 is 1.65. The van der Waals surface area contributed by atoms with Crippen LogP contribution in [0, 0.1) is 0 Å². The second kappa shape index (κ2) is 2.03. The third-order valence-corrected chi connectivity index (χ3v) is 1.46. The van der Waals surface area contributed by atoms with Gasteiger partial charge in [-0.15, -0.1) is 22.8 Å². The van der Waals surface area contributed by atoms with Crippen molar-refractivity contribution in [3.63, 3.8) is 0 Å². The van der Waals surface area contributed by atoms with Crippen molar-refractivity contribution in [1.82, 2.24) is 20.3 Å². The van der Waals surface area contributed by atoms with Gasteiger partial charge >= 0.3 is 0 Å². The van der Waals surface area contributed by atoms with Crippen molar-refractivity contribution in [2.45, 2.75) is 5.16 Å². The van der Waals surface area contributed by atoms with Gasteiger partial charge in [0.2, 0.25) is 5.16 Å². The minimum Gasteiger partial charge on any atom is -0.305 e. The summed E-state index contributed by atoms with van der Waals surface area (Å²) in [6, 6.07) is 0. The summed E-state index contributed by atoms with van der Waals surface area (Å²) in [6.45, 7) is 0.624. The molecule has 0 bridgehead atoms. The fourth-order valence-corrected chi connectivity index (χ4v) is 0.955. The first-order valence-corrected chi connectivity index (χ1v) is 3.20. The van der Waals surface area contributed by atoms with E-state index in [4.69, 9.17) is 0 Å². The maximum Gasteiger partial charge on any atom is 0.258 e. The van der Waals surface area contributed by atoms with Crippen LogP contribution in [0.5, 0.6) is 0 Å². The molecule has 0 unspecified atom stereocenters. The summed E-state index contributed by atoms with van der Waals surface area (Å²) in [5.41, 5.74) is 8.60. The molecule has 2 rings (SSSR count). The number of fused-ring (bicyclic) bond motifs is 1. The van der Waals surface area contributed by atoms with E-state index < -0.39 is 0 Å². The standard InChI is InChI=1S/C3H6N6S/c10-3-8-7-2-6-4-1-5-9(2)3/h4-5H,1H2,(H,6,7)(H,8,10). The van der Waals surface area contributed by atoms with Crippen molar-refractivity contribution in [2.24, 2.45) is 0 Å². The van der Waals surface area contributed by atoms with Crippen LogP contribution < -0.4 is 16.3 Å². The molecule has 6 nitrogen and oxygen atoms in total. The number of aromatic nitrogens is 3. The first-order chi connectivity index (χ1) is 4.88. The molecule has 1 aromatic heterocycles. The number of hydrazine groups is 1. The second-order valence-electron chi connectivity index (χ2n) is 1.80.